The Hall–Kier alpha value is -0.900. The fraction of sp³-hybridized carbons (Fsp3) is 0.647. The van der Waals surface area contributed by atoms with E-state index in [1.165, 1.54) is 16.7 Å². The molecule has 1 aliphatic heterocycles. The molecule has 0 radical (unpaired) electrons. The lowest BCUT2D eigenvalue weighted by atomic mass is 9.77. The van der Waals surface area contributed by atoms with E-state index in [1.54, 1.807) is 0 Å². The standard InChI is InChI=1S/C17H24O3/c1-13-9-14(2)11-15(10-13)12-16(18)3-5-17(6-4-16)19-7-8-20-17/h9-11,18H,3-8,12H2,1-2H3. The minimum Gasteiger partial charge on any atom is -0.390 e. The quantitative estimate of drug-likeness (QED) is 0.902. The summed E-state index contributed by atoms with van der Waals surface area (Å²) >= 11 is 0. The van der Waals surface area contributed by atoms with Crippen LogP contribution in [-0.4, -0.2) is 29.7 Å². The van der Waals surface area contributed by atoms with E-state index in [2.05, 4.69) is 32.0 Å². The van der Waals surface area contributed by atoms with Gasteiger partial charge in [0.25, 0.3) is 0 Å². The Balaban J connectivity index is 1.68. The van der Waals surface area contributed by atoms with Crippen molar-refractivity contribution in [2.24, 2.45) is 0 Å². The van der Waals surface area contributed by atoms with Crippen LogP contribution in [0.5, 0.6) is 0 Å². The van der Waals surface area contributed by atoms with Crippen molar-refractivity contribution in [1.82, 2.24) is 0 Å². The van der Waals surface area contributed by atoms with Gasteiger partial charge < -0.3 is 14.6 Å². The molecule has 1 spiro atoms. The van der Waals surface area contributed by atoms with Crippen LogP contribution in [0.1, 0.15) is 42.4 Å². The van der Waals surface area contributed by atoms with Gasteiger partial charge in [0.05, 0.1) is 18.8 Å². The molecule has 0 aromatic heterocycles. The van der Waals surface area contributed by atoms with E-state index in [-0.39, 0.29) is 0 Å². The Morgan fingerprint density at radius 3 is 2.05 bits per heavy atom. The largest absolute Gasteiger partial charge is 0.390 e. The molecular weight excluding hydrogens is 252 g/mol. The number of aliphatic hydroxyl groups is 1. The summed E-state index contributed by atoms with van der Waals surface area (Å²) < 4.78 is 11.5. The van der Waals surface area contributed by atoms with Crippen LogP contribution in [0.3, 0.4) is 0 Å². The average molecular weight is 276 g/mol. The molecule has 0 amide bonds. The number of benzene rings is 1. The second-order valence-corrected chi connectivity index (χ2v) is 6.50. The molecule has 1 saturated heterocycles. The zero-order valence-corrected chi connectivity index (χ0v) is 12.4. The molecule has 1 saturated carbocycles. The van der Waals surface area contributed by atoms with Crippen LogP contribution in [-0.2, 0) is 15.9 Å². The highest BCUT2D eigenvalue weighted by molar-refractivity contribution is 5.29. The monoisotopic (exact) mass is 276 g/mol. The van der Waals surface area contributed by atoms with Gasteiger partial charge in [0.2, 0.25) is 0 Å². The summed E-state index contributed by atoms with van der Waals surface area (Å²) in [6.07, 6.45) is 3.83. The van der Waals surface area contributed by atoms with E-state index < -0.39 is 11.4 Å². The Kier molecular flexibility index (Phi) is 3.61. The van der Waals surface area contributed by atoms with Gasteiger partial charge in [-0.2, -0.15) is 0 Å². The van der Waals surface area contributed by atoms with Gasteiger partial charge in [0.1, 0.15) is 0 Å². The van der Waals surface area contributed by atoms with Crippen molar-refractivity contribution in [3.63, 3.8) is 0 Å². The number of ether oxygens (including phenoxy) is 2. The van der Waals surface area contributed by atoms with Crippen molar-refractivity contribution in [2.75, 3.05) is 13.2 Å². The highest BCUT2D eigenvalue weighted by Gasteiger charge is 2.45. The third kappa shape index (κ3) is 2.90. The van der Waals surface area contributed by atoms with Gasteiger partial charge in [0, 0.05) is 19.3 Å². The summed E-state index contributed by atoms with van der Waals surface area (Å²) in [6, 6.07) is 6.53. The lowest BCUT2D eigenvalue weighted by Gasteiger charge is -2.40. The number of rotatable bonds is 2. The summed E-state index contributed by atoms with van der Waals surface area (Å²) in [7, 11) is 0. The maximum atomic E-state index is 10.8. The maximum Gasteiger partial charge on any atom is 0.168 e. The highest BCUT2D eigenvalue weighted by Crippen LogP contribution is 2.41. The molecule has 3 nitrogen and oxygen atoms in total. The molecule has 3 heteroatoms. The molecule has 1 aliphatic carbocycles. The van der Waals surface area contributed by atoms with E-state index in [0.717, 1.165) is 32.1 Å². The van der Waals surface area contributed by atoms with Crippen LogP contribution in [0, 0.1) is 13.8 Å². The third-order valence-electron chi connectivity index (χ3n) is 4.57. The average Bonchev–Trinajstić information content (AvgIpc) is 2.81. The van der Waals surface area contributed by atoms with Gasteiger partial charge in [-0.15, -0.1) is 0 Å². The highest BCUT2D eigenvalue weighted by atomic mass is 16.7. The van der Waals surface area contributed by atoms with E-state index in [9.17, 15) is 5.11 Å². The zero-order valence-electron chi connectivity index (χ0n) is 12.4. The third-order valence-corrected chi connectivity index (χ3v) is 4.57. The summed E-state index contributed by atoms with van der Waals surface area (Å²) in [5.41, 5.74) is 3.15. The molecule has 1 heterocycles. The molecule has 0 unspecified atom stereocenters. The lowest BCUT2D eigenvalue weighted by molar-refractivity contribution is -0.202. The fourth-order valence-corrected chi connectivity index (χ4v) is 3.61. The predicted molar refractivity (Wildman–Crippen MR) is 77.7 cm³/mol. The molecule has 1 aromatic rings. The summed E-state index contributed by atoms with van der Waals surface area (Å²) in [5, 5.41) is 10.8. The molecule has 2 aliphatic rings. The Morgan fingerprint density at radius 2 is 1.50 bits per heavy atom. The second kappa shape index (κ2) is 5.14. The molecule has 1 N–H and O–H groups in total. The van der Waals surface area contributed by atoms with Crippen molar-refractivity contribution in [2.45, 2.75) is 57.3 Å². The molecule has 0 atom stereocenters. The van der Waals surface area contributed by atoms with Crippen LogP contribution in [0.15, 0.2) is 18.2 Å². The van der Waals surface area contributed by atoms with E-state index >= 15 is 0 Å². The Labute approximate surface area is 120 Å². The van der Waals surface area contributed by atoms with E-state index in [4.69, 9.17) is 9.47 Å². The summed E-state index contributed by atoms with van der Waals surface area (Å²) in [5.74, 6) is -0.394. The van der Waals surface area contributed by atoms with E-state index in [0.29, 0.717) is 13.2 Å². The first-order valence-corrected chi connectivity index (χ1v) is 7.56. The SMILES string of the molecule is Cc1cc(C)cc(CC2(O)CCC3(CC2)OCCO3)c1. The fourth-order valence-electron chi connectivity index (χ4n) is 3.61. The predicted octanol–water partition coefficient (Wildman–Crippen LogP) is 2.89. The first-order valence-electron chi connectivity index (χ1n) is 7.56. The maximum absolute atomic E-state index is 10.8. The van der Waals surface area contributed by atoms with Crippen LogP contribution in [0.25, 0.3) is 0 Å². The molecular formula is C17H24O3. The Bertz CT molecular complexity index is 459. The zero-order chi connectivity index (χ0) is 14.2. The van der Waals surface area contributed by atoms with Crippen LogP contribution >= 0.6 is 0 Å². The summed E-state index contributed by atoms with van der Waals surface area (Å²) in [4.78, 5) is 0. The number of hydrogen-bond donors (Lipinski definition) is 1. The minimum atomic E-state index is -0.610. The van der Waals surface area contributed by atoms with Crippen molar-refractivity contribution < 1.29 is 14.6 Å². The molecule has 20 heavy (non-hydrogen) atoms. The normalized spacial score (nSPS) is 24.1. The second-order valence-electron chi connectivity index (χ2n) is 6.50. The van der Waals surface area contributed by atoms with Crippen molar-refractivity contribution >= 4 is 0 Å². The number of hydrogen-bond acceptors (Lipinski definition) is 3. The van der Waals surface area contributed by atoms with Gasteiger partial charge >= 0.3 is 0 Å². The first-order chi connectivity index (χ1) is 9.49. The van der Waals surface area contributed by atoms with Crippen LogP contribution < -0.4 is 0 Å². The van der Waals surface area contributed by atoms with Gasteiger partial charge in [-0.25, -0.2) is 0 Å². The molecule has 110 valence electrons. The summed E-state index contributed by atoms with van der Waals surface area (Å²) in [6.45, 7) is 5.60. The molecule has 2 fully saturated rings. The molecule has 0 bridgehead atoms. The van der Waals surface area contributed by atoms with Crippen molar-refractivity contribution in [3.8, 4) is 0 Å². The molecule has 1 aromatic carbocycles. The van der Waals surface area contributed by atoms with Crippen molar-refractivity contribution in [3.05, 3.63) is 34.9 Å². The Morgan fingerprint density at radius 1 is 0.950 bits per heavy atom. The van der Waals surface area contributed by atoms with Gasteiger partial charge in [-0.1, -0.05) is 29.3 Å². The van der Waals surface area contributed by atoms with Gasteiger partial charge in [-0.05, 0) is 32.3 Å². The van der Waals surface area contributed by atoms with Gasteiger partial charge in [0.15, 0.2) is 5.79 Å². The van der Waals surface area contributed by atoms with Crippen LogP contribution in [0.4, 0.5) is 0 Å². The minimum absolute atomic E-state index is 0.394. The van der Waals surface area contributed by atoms with E-state index in [1.807, 2.05) is 0 Å². The van der Waals surface area contributed by atoms with Crippen LogP contribution in [0.2, 0.25) is 0 Å². The lowest BCUT2D eigenvalue weighted by Crippen LogP contribution is -2.44. The van der Waals surface area contributed by atoms with Gasteiger partial charge in [-0.3, -0.25) is 0 Å². The first kappa shape index (κ1) is 14.1. The van der Waals surface area contributed by atoms with Crippen molar-refractivity contribution in [1.29, 1.82) is 0 Å². The smallest absolute Gasteiger partial charge is 0.168 e. The molecule has 3 rings (SSSR count). The number of aryl methyl sites for hydroxylation is 2. The topological polar surface area (TPSA) is 38.7 Å².